The molecule has 3 heteroatoms. The minimum atomic E-state index is 0.0260. The molecular formula is C10H18FNO. The van der Waals surface area contributed by atoms with E-state index in [1.807, 2.05) is 0 Å². The molecule has 2 aliphatic rings. The van der Waals surface area contributed by atoms with E-state index < -0.39 is 0 Å². The fourth-order valence-electron chi connectivity index (χ4n) is 3.22. The molecule has 0 spiro atoms. The molecule has 0 saturated carbocycles. The first-order valence-corrected chi connectivity index (χ1v) is 5.07. The van der Waals surface area contributed by atoms with Crippen LogP contribution in [-0.4, -0.2) is 30.1 Å². The Kier molecular flexibility index (Phi) is 2.11. The Bertz CT molecular complexity index is 207. The van der Waals surface area contributed by atoms with Crippen LogP contribution < -0.4 is 0 Å². The Labute approximate surface area is 79.0 Å². The van der Waals surface area contributed by atoms with Crippen LogP contribution in [0, 0.1) is 5.41 Å². The molecule has 0 amide bonds. The second kappa shape index (κ2) is 2.92. The van der Waals surface area contributed by atoms with E-state index in [4.69, 9.17) is 0 Å². The van der Waals surface area contributed by atoms with Gasteiger partial charge in [-0.25, -0.2) is 0 Å². The van der Waals surface area contributed by atoms with Gasteiger partial charge in [0.05, 0.1) is 0 Å². The van der Waals surface area contributed by atoms with Gasteiger partial charge >= 0.3 is 0 Å². The van der Waals surface area contributed by atoms with Gasteiger partial charge in [-0.05, 0) is 35.7 Å². The Hall–Kier alpha value is -0.150. The molecule has 1 atom stereocenters. The third-order valence-corrected chi connectivity index (χ3v) is 3.49. The van der Waals surface area contributed by atoms with Crippen LogP contribution in [0.25, 0.3) is 0 Å². The maximum absolute atomic E-state index is 12.0. The predicted octanol–water partition coefficient (Wildman–Crippen LogP) is 2.15. The highest BCUT2D eigenvalue weighted by Crippen LogP contribution is 2.47. The van der Waals surface area contributed by atoms with Gasteiger partial charge in [-0.15, -0.1) is 0 Å². The molecule has 13 heavy (non-hydrogen) atoms. The number of hydrogen-bond acceptors (Lipinski definition) is 2. The highest BCUT2D eigenvalue weighted by Gasteiger charge is 2.51. The van der Waals surface area contributed by atoms with E-state index in [9.17, 15) is 4.53 Å². The second-order valence-electron chi connectivity index (χ2n) is 5.34. The first-order chi connectivity index (χ1) is 6.08. The summed E-state index contributed by atoms with van der Waals surface area (Å²) in [5.41, 5.74) is 0.358. The van der Waals surface area contributed by atoms with Gasteiger partial charge in [0.2, 0.25) is 0 Å². The van der Waals surface area contributed by atoms with Crippen molar-refractivity contribution in [2.75, 3.05) is 19.7 Å². The third-order valence-electron chi connectivity index (χ3n) is 3.49. The minimum Gasteiger partial charge on any atom is -0.295 e. The predicted molar refractivity (Wildman–Crippen MR) is 49.0 cm³/mol. The molecule has 2 fully saturated rings. The Morgan fingerprint density at radius 1 is 1.46 bits per heavy atom. The van der Waals surface area contributed by atoms with E-state index in [1.165, 1.54) is 6.42 Å². The van der Waals surface area contributed by atoms with Crippen molar-refractivity contribution < 1.29 is 9.47 Å². The van der Waals surface area contributed by atoms with Gasteiger partial charge in [0.15, 0.2) is 0 Å². The molecule has 0 bridgehead atoms. The van der Waals surface area contributed by atoms with Crippen LogP contribution in [0.5, 0.6) is 0 Å². The molecule has 0 aromatic heterocycles. The van der Waals surface area contributed by atoms with E-state index in [0.29, 0.717) is 5.41 Å². The maximum Gasteiger partial charge on any atom is 0.106 e. The molecule has 2 aliphatic heterocycles. The molecule has 2 rings (SSSR count). The normalized spacial score (nSPS) is 38.1. The highest BCUT2D eigenvalue weighted by atomic mass is 19.3. The van der Waals surface area contributed by atoms with Crippen LogP contribution >= 0.6 is 0 Å². The van der Waals surface area contributed by atoms with Crippen molar-refractivity contribution in [2.24, 2.45) is 5.41 Å². The summed E-state index contributed by atoms with van der Waals surface area (Å²) in [6.07, 6.45) is 3.36. The van der Waals surface area contributed by atoms with Gasteiger partial charge in [0, 0.05) is 12.1 Å². The van der Waals surface area contributed by atoms with E-state index in [0.717, 1.165) is 25.9 Å². The van der Waals surface area contributed by atoms with Gasteiger partial charge in [-0.3, -0.25) is 4.90 Å². The van der Waals surface area contributed by atoms with Crippen molar-refractivity contribution in [3.05, 3.63) is 0 Å². The molecular weight excluding hydrogens is 169 g/mol. The third kappa shape index (κ3) is 1.48. The van der Waals surface area contributed by atoms with Gasteiger partial charge in [0.1, 0.15) is 6.61 Å². The number of fused-ring (bicyclic) bond motifs is 1. The maximum atomic E-state index is 12.0. The summed E-state index contributed by atoms with van der Waals surface area (Å²) in [6, 6.07) is 0. The first-order valence-electron chi connectivity index (χ1n) is 5.07. The molecule has 0 aromatic rings. The minimum absolute atomic E-state index is 0.0260. The lowest BCUT2D eigenvalue weighted by Crippen LogP contribution is -2.41. The largest absolute Gasteiger partial charge is 0.295 e. The SMILES string of the molecule is CC1(C)CN2CCCC2(COF)C1. The monoisotopic (exact) mass is 187 g/mol. The summed E-state index contributed by atoms with van der Waals surface area (Å²) in [5, 5.41) is 0. The number of rotatable bonds is 2. The van der Waals surface area contributed by atoms with E-state index in [1.54, 1.807) is 0 Å². The van der Waals surface area contributed by atoms with Crippen molar-refractivity contribution in [3.8, 4) is 0 Å². The van der Waals surface area contributed by atoms with E-state index in [-0.39, 0.29) is 12.1 Å². The van der Waals surface area contributed by atoms with Crippen LogP contribution in [-0.2, 0) is 4.94 Å². The first kappa shape index (κ1) is 9.41. The standard InChI is InChI=1S/C10H18FNO/c1-9(2)6-10(8-13-11)4-3-5-12(10)7-9/h3-8H2,1-2H3. The van der Waals surface area contributed by atoms with Crippen LogP contribution in [0.3, 0.4) is 0 Å². The molecule has 1 unspecified atom stereocenters. The van der Waals surface area contributed by atoms with Crippen molar-refractivity contribution in [1.82, 2.24) is 4.90 Å². The van der Waals surface area contributed by atoms with Crippen LogP contribution in [0.1, 0.15) is 33.1 Å². The molecule has 2 saturated heterocycles. The van der Waals surface area contributed by atoms with Gasteiger partial charge in [-0.2, -0.15) is 4.94 Å². The second-order valence-corrected chi connectivity index (χ2v) is 5.34. The average molecular weight is 187 g/mol. The summed E-state index contributed by atoms with van der Waals surface area (Å²) in [4.78, 5) is 6.29. The smallest absolute Gasteiger partial charge is 0.106 e. The van der Waals surface area contributed by atoms with Crippen LogP contribution in [0.4, 0.5) is 4.53 Å². The zero-order valence-electron chi connectivity index (χ0n) is 8.48. The zero-order valence-corrected chi connectivity index (χ0v) is 8.48. The zero-order chi connectivity index (χ0) is 9.53. The molecule has 0 radical (unpaired) electrons. The number of nitrogens with zero attached hydrogens (tertiary/aromatic N) is 1. The fourth-order valence-corrected chi connectivity index (χ4v) is 3.22. The molecule has 0 aliphatic carbocycles. The average Bonchev–Trinajstić information content (AvgIpc) is 2.40. The summed E-state index contributed by atoms with van der Waals surface area (Å²) in [5.74, 6) is 0. The highest BCUT2D eigenvalue weighted by molar-refractivity contribution is 5.05. The van der Waals surface area contributed by atoms with Crippen LogP contribution in [0.2, 0.25) is 0 Å². The van der Waals surface area contributed by atoms with Crippen molar-refractivity contribution in [1.29, 1.82) is 0 Å². The summed E-state index contributed by atoms with van der Waals surface area (Å²) in [6.45, 7) is 6.98. The fraction of sp³-hybridized carbons (Fsp3) is 1.00. The van der Waals surface area contributed by atoms with Crippen LogP contribution in [0.15, 0.2) is 0 Å². The molecule has 0 N–H and O–H groups in total. The number of hydrogen-bond donors (Lipinski definition) is 0. The molecule has 2 nitrogen and oxygen atoms in total. The summed E-state index contributed by atoms with van der Waals surface area (Å²) >= 11 is 0. The van der Waals surface area contributed by atoms with Gasteiger partial charge in [-0.1, -0.05) is 13.8 Å². The molecule has 2 heterocycles. The quantitative estimate of drug-likeness (QED) is 0.656. The Balaban J connectivity index is 2.15. The van der Waals surface area contributed by atoms with E-state index in [2.05, 4.69) is 23.7 Å². The van der Waals surface area contributed by atoms with Gasteiger partial charge < -0.3 is 0 Å². The van der Waals surface area contributed by atoms with E-state index >= 15 is 0 Å². The number of halogens is 1. The summed E-state index contributed by atoms with van der Waals surface area (Å²) < 4.78 is 12.0. The lowest BCUT2D eigenvalue weighted by Gasteiger charge is -2.29. The summed E-state index contributed by atoms with van der Waals surface area (Å²) in [7, 11) is 0. The van der Waals surface area contributed by atoms with Crippen molar-refractivity contribution in [2.45, 2.75) is 38.6 Å². The lowest BCUT2D eigenvalue weighted by molar-refractivity contribution is -0.161. The molecule has 76 valence electrons. The topological polar surface area (TPSA) is 12.5 Å². The Morgan fingerprint density at radius 3 is 2.92 bits per heavy atom. The van der Waals surface area contributed by atoms with Crippen molar-refractivity contribution >= 4 is 0 Å². The van der Waals surface area contributed by atoms with Gasteiger partial charge in [0.25, 0.3) is 0 Å². The Morgan fingerprint density at radius 2 is 2.23 bits per heavy atom. The molecule has 0 aromatic carbocycles. The van der Waals surface area contributed by atoms with Crippen molar-refractivity contribution in [3.63, 3.8) is 0 Å². The lowest BCUT2D eigenvalue weighted by atomic mass is 9.83.